The van der Waals surface area contributed by atoms with Crippen molar-refractivity contribution in [2.75, 3.05) is 5.32 Å². The number of hydrogen-bond donors (Lipinski definition) is 1. The van der Waals surface area contributed by atoms with E-state index in [0.717, 1.165) is 41.8 Å². The minimum absolute atomic E-state index is 0.162. The highest BCUT2D eigenvalue weighted by molar-refractivity contribution is 6.05. The summed E-state index contributed by atoms with van der Waals surface area (Å²) in [6.07, 6.45) is 3.12. The molecule has 1 heterocycles. The van der Waals surface area contributed by atoms with Crippen LogP contribution in [0, 0.1) is 20.8 Å². The Morgan fingerprint density at radius 3 is 2.34 bits per heavy atom. The van der Waals surface area contributed by atoms with Gasteiger partial charge in [-0.2, -0.15) is 5.10 Å². The van der Waals surface area contributed by atoms with Crippen LogP contribution in [0.4, 0.5) is 5.69 Å². The summed E-state index contributed by atoms with van der Waals surface area (Å²) in [7, 11) is 0. The van der Waals surface area contributed by atoms with Crippen LogP contribution in [0.3, 0.4) is 0 Å². The number of anilines is 1. The Labute approximate surface area is 171 Å². The van der Waals surface area contributed by atoms with E-state index in [0.29, 0.717) is 16.8 Å². The molecule has 0 aliphatic rings. The molecule has 150 valence electrons. The molecule has 0 saturated heterocycles. The molecule has 2 aromatic carbocycles. The highest BCUT2D eigenvalue weighted by atomic mass is 16.2. The molecule has 0 aliphatic heterocycles. The van der Waals surface area contributed by atoms with E-state index in [-0.39, 0.29) is 11.8 Å². The van der Waals surface area contributed by atoms with Crippen LogP contribution in [0.5, 0.6) is 0 Å². The van der Waals surface area contributed by atoms with Crippen molar-refractivity contribution in [3.8, 4) is 0 Å². The number of nitrogens with one attached hydrogen (secondary N) is 1. The first-order valence-electron chi connectivity index (χ1n) is 9.99. The van der Waals surface area contributed by atoms with Crippen LogP contribution in [-0.2, 0) is 6.42 Å². The minimum atomic E-state index is -0.165. The van der Waals surface area contributed by atoms with Crippen molar-refractivity contribution in [1.29, 1.82) is 0 Å². The largest absolute Gasteiger partial charge is 0.322 e. The molecule has 1 amide bonds. The molecule has 1 N–H and O–H groups in total. The molecule has 0 aliphatic carbocycles. The number of hydrogen-bond acceptors (Lipinski definition) is 3. The summed E-state index contributed by atoms with van der Waals surface area (Å²) in [5.41, 5.74) is 5.69. The molecule has 3 rings (SSSR count). The fourth-order valence-electron chi connectivity index (χ4n) is 3.43. The molecule has 1 aromatic heterocycles. The smallest absolute Gasteiger partial charge is 0.278 e. The van der Waals surface area contributed by atoms with Gasteiger partial charge >= 0.3 is 0 Å². The summed E-state index contributed by atoms with van der Waals surface area (Å²) in [4.78, 5) is 25.4. The third-order valence-corrected chi connectivity index (χ3v) is 5.19. The van der Waals surface area contributed by atoms with E-state index in [1.165, 1.54) is 4.68 Å². The van der Waals surface area contributed by atoms with Crippen LogP contribution in [0.25, 0.3) is 0 Å². The molecular weight excluding hydrogens is 362 g/mol. The highest BCUT2D eigenvalue weighted by Gasteiger charge is 2.18. The third-order valence-electron chi connectivity index (χ3n) is 5.19. The van der Waals surface area contributed by atoms with Crippen molar-refractivity contribution in [3.63, 3.8) is 0 Å². The Balaban J connectivity index is 1.76. The van der Waals surface area contributed by atoms with Crippen molar-refractivity contribution >= 4 is 17.5 Å². The second-order valence-corrected chi connectivity index (χ2v) is 7.32. The lowest BCUT2D eigenvalue weighted by Crippen LogP contribution is -2.16. The number of aryl methyl sites for hydroxylation is 2. The molecule has 0 spiro atoms. The van der Waals surface area contributed by atoms with Crippen molar-refractivity contribution < 1.29 is 9.59 Å². The predicted molar refractivity (Wildman–Crippen MR) is 116 cm³/mol. The van der Waals surface area contributed by atoms with E-state index in [1.54, 1.807) is 30.3 Å². The molecule has 0 atom stereocenters. The van der Waals surface area contributed by atoms with Gasteiger partial charge in [0.2, 0.25) is 0 Å². The molecule has 0 bridgehead atoms. The third kappa shape index (κ3) is 4.45. The summed E-state index contributed by atoms with van der Waals surface area (Å²) in [6, 6.07) is 14.4. The van der Waals surface area contributed by atoms with Crippen LogP contribution >= 0.6 is 0 Å². The fourth-order valence-corrected chi connectivity index (χ4v) is 3.43. The van der Waals surface area contributed by atoms with E-state index in [9.17, 15) is 9.59 Å². The minimum Gasteiger partial charge on any atom is -0.322 e. The van der Waals surface area contributed by atoms with Crippen molar-refractivity contribution in [2.24, 2.45) is 0 Å². The summed E-state index contributed by atoms with van der Waals surface area (Å²) >= 11 is 0. The summed E-state index contributed by atoms with van der Waals surface area (Å²) in [6.45, 7) is 7.95. The van der Waals surface area contributed by atoms with Crippen LogP contribution in [0.2, 0.25) is 0 Å². The van der Waals surface area contributed by atoms with Gasteiger partial charge in [0.25, 0.3) is 11.8 Å². The first-order valence-corrected chi connectivity index (χ1v) is 9.99. The van der Waals surface area contributed by atoms with Gasteiger partial charge in [-0.1, -0.05) is 31.5 Å². The number of amides is 1. The van der Waals surface area contributed by atoms with Gasteiger partial charge in [-0.3, -0.25) is 9.59 Å². The average Bonchev–Trinajstić information content (AvgIpc) is 3.00. The Morgan fingerprint density at radius 1 is 1.00 bits per heavy atom. The highest BCUT2D eigenvalue weighted by Crippen LogP contribution is 2.19. The molecule has 0 unspecified atom stereocenters. The average molecular weight is 389 g/mol. The van der Waals surface area contributed by atoms with Crippen LogP contribution in [0.15, 0.2) is 48.5 Å². The first-order chi connectivity index (χ1) is 13.9. The topological polar surface area (TPSA) is 64.0 Å². The van der Waals surface area contributed by atoms with Gasteiger partial charge in [-0.15, -0.1) is 0 Å². The van der Waals surface area contributed by atoms with Crippen molar-refractivity contribution in [3.05, 3.63) is 82.2 Å². The van der Waals surface area contributed by atoms with Crippen molar-refractivity contribution in [2.45, 2.75) is 47.0 Å². The van der Waals surface area contributed by atoms with Gasteiger partial charge < -0.3 is 5.32 Å². The molecule has 0 radical (unpaired) electrons. The lowest BCUT2D eigenvalue weighted by atomic mass is 10.1. The number of aromatic nitrogens is 2. The number of benzene rings is 2. The molecule has 29 heavy (non-hydrogen) atoms. The van der Waals surface area contributed by atoms with Crippen LogP contribution < -0.4 is 5.32 Å². The summed E-state index contributed by atoms with van der Waals surface area (Å²) < 4.78 is 1.49. The van der Waals surface area contributed by atoms with Gasteiger partial charge in [0.15, 0.2) is 0 Å². The van der Waals surface area contributed by atoms with E-state index in [1.807, 2.05) is 39.0 Å². The Morgan fingerprint density at radius 2 is 1.69 bits per heavy atom. The normalized spacial score (nSPS) is 10.8. The number of rotatable bonds is 6. The number of unbranched alkanes of at least 4 members (excludes halogenated alkanes) is 1. The van der Waals surface area contributed by atoms with E-state index in [4.69, 9.17) is 0 Å². The monoisotopic (exact) mass is 389 g/mol. The number of nitrogens with zero attached hydrogens (tertiary/aromatic N) is 2. The van der Waals surface area contributed by atoms with Gasteiger partial charge in [-0.25, -0.2) is 4.68 Å². The van der Waals surface area contributed by atoms with Crippen molar-refractivity contribution in [1.82, 2.24) is 9.78 Å². The molecule has 5 nitrogen and oxygen atoms in total. The lowest BCUT2D eigenvalue weighted by molar-refractivity contribution is 0.0941. The van der Waals surface area contributed by atoms with Gasteiger partial charge in [0.1, 0.15) is 0 Å². The Hall–Kier alpha value is -3.21. The Kier molecular flexibility index (Phi) is 6.27. The van der Waals surface area contributed by atoms with E-state index < -0.39 is 0 Å². The fraction of sp³-hybridized carbons (Fsp3) is 0.292. The second-order valence-electron chi connectivity index (χ2n) is 7.32. The Bertz CT molecular complexity index is 1030. The van der Waals surface area contributed by atoms with Gasteiger partial charge in [0.05, 0.1) is 5.69 Å². The van der Waals surface area contributed by atoms with E-state index >= 15 is 0 Å². The van der Waals surface area contributed by atoms with E-state index in [2.05, 4.69) is 17.3 Å². The zero-order chi connectivity index (χ0) is 21.0. The molecular formula is C24H27N3O2. The molecule has 0 saturated carbocycles. The quantitative estimate of drug-likeness (QED) is 0.638. The predicted octanol–water partition coefficient (Wildman–Crippen LogP) is 5.09. The molecule has 0 fully saturated rings. The van der Waals surface area contributed by atoms with Crippen LogP contribution in [-0.4, -0.2) is 21.6 Å². The van der Waals surface area contributed by atoms with Crippen LogP contribution in [0.1, 0.15) is 63.0 Å². The summed E-state index contributed by atoms with van der Waals surface area (Å²) in [5.74, 6) is -0.327. The first kappa shape index (κ1) is 20.5. The number of carbonyl (C=O) groups excluding carboxylic acids is 2. The standard InChI is InChI=1S/C24H27N3O2/c1-5-6-10-22-17(3)26-27(18(22)4)24(29)19-12-14-20(15-13-19)25-23(28)21-11-8-7-9-16(21)2/h7-9,11-15H,5-6,10H2,1-4H3,(H,25,28). The maximum atomic E-state index is 12.9. The summed E-state index contributed by atoms with van der Waals surface area (Å²) in [5, 5.41) is 7.34. The molecule has 3 aromatic rings. The van der Waals surface area contributed by atoms with Gasteiger partial charge in [-0.05, 0) is 75.1 Å². The maximum Gasteiger partial charge on any atom is 0.278 e. The second kappa shape index (κ2) is 8.86. The lowest BCUT2D eigenvalue weighted by Gasteiger charge is -2.09. The zero-order valence-corrected chi connectivity index (χ0v) is 17.5. The SMILES string of the molecule is CCCCc1c(C)nn(C(=O)c2ccc(NC(=O)c3ccccc3C)cc2)c1C. The maximum absolute atomic E-state index is 12.9. The number of carbonyl (C=O) groups is 2. The zero-order valence-electron chi connectivity index (χ0n) is 17.5. The van der Waals surface area contributed by atoms with Gasteiger partial charge in [0, 0.05) is 22.5 Å². The molecule has 5 heteroatoms.